The van der Waals surface area contributed by atoms with Crippen LogP contribution >= 0.6 is 0 Å². The number of nitrogens with zero attached hydrogens (tertiary/aromatic N) is 1. The number of hydrogen-bond acceptors (Lipinski definition) is 3. The predicted octanol–water partition coefficient (Wildman–Crippen LogP) is 3.63. The van der Waals surface area contributed by atoms with Crippen LogP contribution in [0.25, 0.3) is 0 Å². The molecule has 3 nitrogen and oxygen atoms in total. The molecule has 2 aromatic carbocycles. The molecule has 21 heavy (non-hydrogen) atoms. The highest BCUT2D eigenvalue weighted by atomic mass is 19.1. The lowest BCUT2D eigenvalue weighted by molar-refractivity contribution is 0.0977. The molecule has 2 rings (SSSR count). The zero-order valence-corrected chi connectivity index (χ0v) is 11.8. The van der Waals surface area contributed by atoms with Crippen molar-refractivity contribution in [2.45, 2.75) is 12.8 Å². The van der Waals surface area contributed by atoms with E-state index in [4.69, 9.17) is 4.74 Å². The van der Waals surface area contributed by atoms with Crippen molar-refractivity contribution in [3.63, 3.8) is 0 Å². The Morgan fingerprint density at radius 3 is 2.62 bits per heavy atom. The monoisotopic (exact) mass is 283 g/mol. The molecule has 0 heterocycles. The van der Waals surface area contributed by atoms with E-state index in [0.29, 0.717) is 16.9 Å². The molecule has 0 saturated heterocycles. The zero-order chi connectivity index (χ0) is 15.4. The second-order valence-corrected chi connectivity index (χ2v) is 4.69. The third kappa shape index (κ3) is 3.09. The number of aryl methyl sites for hydroxylation is 1. The number of para-hydroxylation sites is 1. The lowest BCUT2D eigenvalue weighted by Gasteiger charge is -2.13. The maximum absolute atomic E-state index is 13.4. The first-order valence-corrected chi connectivity index (χ1v) is 6.40. The molecule has 0 N–H and O–H groups in total. The van der Waals surface area contributed by atoms with Crippen LogP contribution in [-0.4, -0.2) is 12.9 Å². The molecular formula is C17H14FNO2. The second kappa shape index (κ2) is 6.19. The van der Waals surface area contributed by atoms with E-state index in [1.807, 2.05) is 6.07 Å². The SMILES string of the molecule is COc1ccccc1C(C#N)C(=O)c1cc(C)cc(F)c1. The van der Waals surface area contributed by atoms with Gasteiger partial charge in [-0.25, -0.2) is 4.39 Å². The fourth-order valence-corrected chi connectivity index (χ4v) is 2.22. The maximum Gasteiger partial charge on any atom is 0.184 e. The second-order valence-electron chi connectivity index (χ2n) is 4.69. The zero-order valence-electron chi connectivity index (χ0n) is 11.8. The number of Topliss-reactive ketones (excluding diaryl/α,β-unsaturated/α-hetero) is 1. The first-order chi connectivity index (χ1) is 10.1. The van der Waals surface area contributed by atoms with Crippen LogP contribution in [0.5, 0.6) is 5.75 Å². The minimum Gasteiger partial charge on any atom is -0.496 e. The Bertz CT molecular complexity index is 699. The minimum atomic E-state index is -1.03. The van der Waals surface area contributed by atoms with E-state index >= 15 is 0 Å². The lowest BCUT2D eigenvalue weighted by Crippen LogP contribution is -2.13. The third-order valence-corrected chi connectivity index (χ3v) is 3.17. The highest BCUT2D eigenvalue weighted by molar-refractivity contribution is 6.03. The van der Waals surface area contributed by atoms with Crippen molar-refractivity contribution in [1.82, 2.24) is 0 Å². The van der Waals surface area contributed by atoms with E-state index in [9.17, 15) is 14.4 Å². The smallest absolute Gasteiger partial charge is 0.184 e. The Labute approximate surface area is 122 Å². The minimum absolute atomic E-state index is 0.185. The molecule has 0 aliphatic carbocycles. The molecule has 0 aliphatic rings. The first-order valence-electron chi connectivity index (χ1n) is 6.40. The van der Waals surface area contributed by atoms with Crippen molar-refractivity contribution >= 4 is 5.78 Å². The summed E-state index contributed by atoms with van der Waals surface area (Å²) in [6.45, 7) is 1.70. The normalized spacial score (nSPS) is 11.5. The molecule has 106 valence electrons. The Balaban J connectivity index is 2.46. The number of hydrogen-bond donors (Lipinski definition) is 0. The van der Waals surface area contributed by atoms with Gasteiger partial charge in [-0.1, -0.05) is 18.2 Å². The number of nitriles is 1. The van der Waals surface area contributed by atoms with Gasteiger partial charge in [-0.2, -0.15) is 5.26 Å². The highest BCUT2D eigenvalue weighted by Gasteiger charge is 2.25. The average molecular weight is 283 g/mol. The number of ketones is 1. The van der Waals surface area contributed by atoms with Crippen molar-refractivity contribution in [3.8, 4) is 11.8 Å². The number of halogens is 1. The van der Waals surface area contributed by atoms with Gasteiger partial charge in [-0.05, 0) is 36.8 Å². The maximum atomic E-state index is 13.4. The predicted molar refractivity (Wildman–Crippen MR) is 76.8 cm³/mol. The Morgan fingerprint density at radius 1 is 1.29 bits per heavy atom. The molecule has 0 aliphatic heterocycles. The largest absolute Gasteiger partial charge is 0.496 e. The van der Waals surface area contributed by atoms with Gasteiger partial charge in [0.2, 0.25) is 0 Å². The van der Waals surface area contributed by atoms with Crippen LogP contribution in [0.3, 0.4) is 0 Å². The average Bonchev–Trinajstić information content (AvgIpc) is 2.47. The summed E-state index contributed by atoms with van der Waals surface area (Å²) in [6.07, 6.45) is 0. The Kier molecular flexibility index (Phi) is 4.34. The molecule has 4 heteroatoms. The van der Waals surface area contributed by atoms with Crippen molar-refractivity contribution in [3.05, 3.63) is 65.0 Å². The van der Waals surface area contributed by atoms with Crippen molar-refractivity contribution in [1.29, 1.82) is 5.26 Å². The van der Waals surface area contributed by atoms with E-state index < -0.39 is 17.5 Å². The molecule has 1 atom stereocenters. The Hall–Kier alpha value is -2.67. The molecule has 0 bridgehead atoms. The van der Waals surface area contributed by atoms with Crippen LogP contribution < -0.4 is 4.74 Å². The molecule has 0 amide bonds. The van der Waals surface area contributed by atoms with Gasteiger partial charge >= 0.3 is 0 Å². The van der Waals surface area contributed by atoms with Gasteiger partial charge in [0.05, 0.1) is 13.2 Å². The molecule has 0 aromatic heterocycles. The van der Waals surface area contributed by atoms with Crippen molar-refractivity contribution in [2.24, 2.45) is 0 Å². The van der Waals surface area contributed by atoms with Gasteiger partial charge < -0.3 is 4.74 Å². The van der Waals surface area contributed by atoms with Gasteiger partial charge in [0.1, 0.15) is 17.5 Å². The first kappa shape index (κ1) is 14.7. The number of benzene rings is 2. The van der Waals surface area contributed by atoms with Crippen LogP contribution in [0.4, 0.5) is 4.39 Å². The van der Waals surface area contributed by atoms with Crippen LogP contribution in [0.2, 0.25) is 0 Å². The Morgan fingerprint density at radius 2 is 2.00 bits per heavy atom. The van der Waals surface area contributed by atoms with E-state index in [1.54, 1.807) is 37.3 Å². The van der Waals surface area contributed by atoms with Gasteiger partial charge in [0, 0.05) is 11.1 Å². The number of carbonyl (C=O) groups excluding carboxylic acids is 1. The summed E-state index contributed by atoms with van der Waals surface area (Å²) in [4.78, 5) is 12.5. The number of carbonyl (C=O) groups is 1. The third-order valence-electron chi connectivity index (χ3n) is 3.17. The summed E-state index contributed by atoms with van der Waals surface area (Å²) < 4.78 is 18.6. The number of ether oxygens (including phenoxy) is 1. The lowest BCUT2D eigenvalue weighted by atomic mass is 9.90. The highest BCUT2D eigenvalue weighted by Crippen LogP contribution is 2.29. The van der Waals surface area contributed by atoms with Gasteiger partial charge in [-0.15, -0.1) is 0 Å². The van der Waals surface area contributed by atoms with Crippen LogP contribution in [0, 0.1) is 24.1 Å². The van der Waals surface area contributed by atoms with E-state index in [-0.39, 0.29) is 5.56 Å². The number of rotatable bonds is 4. The van der Waals surface area contributed by atoms with E-state index in [0.717, 1.165) is 6.07 Å². The summed E-state index contributed by atoms with van der Waals surface area (Å²) in [5.41, 5.74) is 1.30. The summed E-state index contributed by atoms with van der Waals surface area (Å²) in [6, 6.07) is 12.9. The van der Waals surface area contributed by atoms with E-state index in [2.05, 4.69) is 0 Å². The van der Waals surface area contributed by atoms with Gasteiger partial charge in [0.15, 0.2) is 5.78 Å². The van der Waals surface area contributed by atoms with Crippen molar-refractivity contribution < 1.29 is 13.9 Å². The topological polar surface area (TPSA) is 50.1 Å². The molecule has 0 spiro atoms. The standard InChI is InChI=1S/C17H14FNO2/c1-11-7-12(9-13(18)8-11)17(20)15(10-19)14-5-3-4-6-16(14)21-2/h3-9,15H,1-2H3. The molecule has 0 fully saturated rings. The fraction of sp³-hybridized carbons (Fsp3) is 0.176. The van der Waals surface area contributed by atoms with Gasteiger partial charge in [0.25, 0.3) is 0 Å². The van der Waals surface area contributed by atoms with Crippen LogP contribution in [0.1, 0.15) is 27.4 Å². The molecule has 0 saturated carbocycles. The summed E-state index contributed by atoms with van der Waals surface area (Å²) >= 11 is 0. The molecule has 2 aromatic rings. The van der Waals surface area contributed by atoms with Crippen LogP contribution in [0.15, 0.2) is 42.5 Å². The van der Waals surface area contributed by atoms with E-state index in [1.165, 1.54) is 13.2 Å². The summed E-state index contributed by atoms with van der Waals surface area (Å²) in [7, 11) is 1.48. The molecule has 1 unspecified atom stereocenters. The van der Waals surface area contributed by atoms with Crippen LogP contribution in [-0.2, 0) is 0 Å². The van der Waals surface area contributed by atoms with Gasteiger partial charge in [-0.3, -0.25) is 4.79 Å². The van der Waals surface area contributed by atoms with Crippen molar-refractivity contribution in [2.75, 3.05) is 7.11 Å². The fourth-order valence-electron chi connectivity index (χ4n) is 2.22. The molecular weight excluding hydrogens is 269 g/mol. The molecule has 0 radical (unpaired) electrons. The summed E-state index contributed by atoms with van der Waals surface area (Å²) in [5, 5.41) is 9.35. The summed E-state index contributed by atoms with van der Waals surface area (Å²) in [5.74, 6) is -1.49. The number of methoxy groups -OCH3 is 1. The quantitative estimate of drug-likeness (QED) is 0.805.